The lowest BCUT2D eigenvalue weighted by molar-refractivity contribution is -0.137. The van der Waals surface area contributed by atoms with Gasteiger partial charge in [0.25, 0.3) is 0 Å². The molecule has 32 heavy (non-hydrogen) atoms. The van der Waals surface area contributed by atoms with E-state index in [2.05, 4.69) is 20.4 Å². The third-order valence-electron chi connectivity index (χ3n) is 6.15. The van der Waals surface area contributed by atoms with Gasteiger partial charge >= 0.3 is 6.18 Å². The Kier molecular flexibility index (Phi) is 5.94. The number of hydrogen-bond donors (Lipinski definition) is 1. The fourth-order valence-corrected chi connectivity index (χ4v) is 4.20. The van der Waals surface area contributed by atoms with Gasteiger partial charge in [-0.2, -0.15) is 13.2 Å². The highest BCUT2D eigenvalue weighted by molar-refractivity contribution is 5.95. The molecule has 3 heterocycles. The van der Waals surface area contributed by atoms with Gasteiger partial charge in [-0.3, -0.25) is 14.1 Å². The van der Waals surface area contributed by atoms with E-state index in [4.69, 9.17) is 0 Å². The zero-order chi connectivity index (χ0) is 23.0. The first kappa shape index (κ1) is 22.3. The summed E-state index contributed by atoms with van der Waals surface area (Å²) in [6, 6.07) is 7.87. The summed E-state index contributed by atoms with van der Waals surface area (Å²) < 4.78 is 41.0. The van der Waals surface area contributed by atoms with Gasteiger partial charge in [-0.15, -0.1) is 10.2 Å². The Morgan fingerprint density at radius 2 is 1.97 bits per heavy atom. The number of nitrogens with zero attached hydrogens (tertiary/aromatic N) is 4. The average Bonchev–Trinajstić information content (AvgIpc) is 3.18. The van der Waals surface area contributed by atoms with E-state index in [1.807, 2.05) is 39.0 Å². The van der Waals surface area contributed by atoms with Crippen molar-refractivity contribution < 1.29 is 18.0 Å². The molecule has 2 aromatic heterocycles. The second-order valence-electron chi connectivity index (χ2n) is 8.52. The predicted octanol–water partition coefficient (Wildman–Crippen LogP) is 4.57. The van der Waals surface area contributed by atoms with Crippen molar-refractivity contribution in [3.8, 4) is 0 Å². The van der Waals surface area contributed by atoms with Gasteiger partial charge in [0.15, 0.2) is 5.65 Å². The third-order valence-corrected chi connectivity index (χ3v) is 6.15. The van der Waals surface area contributed by atoms with Crippen molar-refractivity contribution in [3.05, 3.63) is 59.0 Å². The molecular weight excluding hydrogens is 419 g/mol. The molecule has 1 aliphatic rings. The van der Waals surface area contributed by atoms with E-state index in [9.17, 15) is 18.0 Å². The Morgan fingerprint density at radius 1 is 1.19 bits per heavy atom. The molecule has 2 atom stereocenters. The van der Waals surface area contributed by atoms with E-state index < -0.39 is 11.7 Å². The number of aryl methyl sites for hydroxylation is 2. The molecule has 4 rings (SSSR count). The standard InChI is InChI=1S/C23H26F3N5O/c1-14-6-7-15(2)19(11-14)27-22(32)16(3)30-10-4-5-17(12-30)21-29-28-20-9-8-18(13-31(20)21)23(24,25)26/h6-9,11,13,16-17H,4-5,10,12H2,1-3H3,(H,27,32). The molecule has 170 valence electrons. The topological polar surface area (TPSA) is 62.5 Å². The Balaban J connectivity index is 1.52. The molecule has 9 heteroatoms. The molecule has 1 N–H and O–H groups in total. The van der Waals surface area contributed by atoms with Crippen molar-refractivity contribution in [1.29, 1.82) is 0 Å². The summed E-state index contributed by atoms with van der Waals surface area (Å²) in [5, 5.41) is 11.2. The average molecular weight is 445 g/mol. The van der Waals surface area contributed by atoms with Crippen LogP contribution in [0.4, 0.5) is 18.9 Å². The molecule has 1 aromatic carbocycles. The maximum atomic E-state index is 13.2. The maximum absolute atomic E-state index is 13.2. The fraction of sp³-hybridized carbons (Fsp3) is 0.435. The summed E-state index contributed by atoms with van der Waals surface area (Å²) >= 11 is 0. The van der Waals surface area contributed by atoms with Crippen molar-refractivity contribution in [2.75, 3.05) is 18.4 Å². The summed E-state index contributed by atoms with van der Waals surface area (Å²) in [4.78, 5) is 15.0. The Hall–Kier alpha value is -2.94. The maximum Gasteiger partial charge on any atom is 0.417 e. The molecule has 1 fully saturated rings. The van der Waals surface area contributed by atoms with Gasteiger partial charge in [0, 0.05) is 24.3 Å². The van der Waals surface area contributed by atoms with E-state index in [-0.39, 0.29) is 17.9 Å². The molecule has 0 aliphatic carbocycles. The van der Waals surface area contributed by atoms with Crippen LogP contribution in [0.25, 0.3) is 5.65 Å². The van der Waals surface area contributed by atoms with Crippen LogP contribution in [-0.4, -0.2) is 44.5 Å². The van der Waals surface area contributed by atoms with Gasteiger partial charge in [-0.1, -0.05) is 12.1 Å². The molecule has 1 amide bonds. The minimum Gasteiger partial charge on any atom is -0.324 e. The van der Waals surface area contributed by atoms with Crippen molar-refractivity contribution in [3.63, 3.8) is 0 Å². The van der Waals surface area contributed by atoms with Crippen LogP contribution in [0.3, 0.4) is 0 Å². The second-order valence-corrected chi connectivity index (χ2v) is 8.52. The van der Waals surface area contributed by atoms with E-state index in [0.29, 0.717) is 18.0 Å². The molecule has 1 aliphatic heterocycles. The number of amides is 1. The van der Waals surface area contributed by atoms with Crippen LogP contribution in [0.15, 0.2) is 36.5 Å². The lowest BCUT2D eigenvalue weighted by Gasteiger charge is -2.35. The molecule has 6 nitrogen and oxygen atoms in total. The number of carbonyl (C=O) groups excluding carboxylic acids is 1. The third kappa shape index (κ3) is 4.48. The monoisotopic (exact) mass is 445 g/mol. The summed E-state index contributed by atoms with van der Waals surface area (Å²) in [7, 11) is 0. The number of alkyl halides is 3. The number of benzene rings is 1. The van der Waals surface area contributed by atoms with Crippen LogP contribution in [-0.2, 0) is 11.0 Å². The van der Waals surface area contributed by atoms with Crippen LogP contribution < -0.4 is 5.32 Å². The first-order valence-electron chi connectivity index (χ1n) is 10.7. The smallest absolute Gasteiger partial charge is 0.324 e. The minimum absolute atomic E-state index is 0.107. The Labute approximate surface area is 184 Å². The minimum atomic E-state index is -4.44. The zero-order valence-corrected chi connectivity index (χ0v) is 18.3. The Bertz CT molecular complexity index is 1140. The number of likely N-dealkylation sites (tertiary alicyclic amines) is 1. The normalized spacial score (nSPS) is 18.6. The SMILES string of the molecule is Cc1ccc(C)c(NC(=O)C(C)N2CCCC(c3nnc4ccc(C(F)(F)F)cn34)C2)c1. The fourth-order valence-electron chi connectivity index (χ4n) is 4.20. The van der Waals surface area contributed by atoms with Crippen molar-refractivity contribution in [1.82, 2.24) is 19.5 Å². The summed E-state index contributed by atoms with van der Waals surface area (Å²) in [6.07, 6.45) is -1.78. The van der Waals surface area contributed by atoms with Crippen molar-refractivity contribution in [2.24, 2.45) is 0 Å². The van der Waals surface area contributed by atoms with Crippen LogP contribution in [0.1, 0.15) is 48.2 Å². The van der Waals surface area contributed by atoms with Gasteiger partial charge in [0.05, 0.1) is 11.6 Å². The van der Waals surface area contributed by atoms with E-state index in [1.54, 1.807) is 0 Å². The number of anilines is 1. The summed E-state index contributed by atoms with van der Waals surface area (Å²) in [6.45, 7) is 7.04. The van der Waals surface area contributed by atoms with Crippen LogP contribution in [0.2, 0.25) is 0 Å². The molecule has 3 aromatic rings. The lowest BCUT2D eigenvalue weighted by atomic mass is 9.95. The molecule has 0 spiro atoms. The molecule has 0 saturated carbocycles. The number of halogens is 3. The summed E-state index contributed by atoms with van der Waals surface area (Å²) in [5.41, 5.74) is 2.49. The lowest BCUT2D eigenvalue weighted by Crippen LogP contribution is -2.46. The van der Waals surface area contributed by atoms with Gasteiger partial charge in [0.1, 0.15) is 5.82 Å². The predicted molar refractivity (Wildman–Crippen MR) is 116 cm³/mol. The molecular formula is C23H26F3N5O. The number of rotatable bonds is 4. The van der Waals surface area contributed by atoms with Crippen LogP contribution in [0, 0.1) is 13.8 Å². The highest BCUT2D eigenvalue weighted by Gasteiger charge is 2.33. The molecule has 2 unspecified atom stereocenters. The molecule has 1 saturated heterocycles. The number of carbonyl (C=O) groups is 1. The van der Waals surface area contributed by atoms with Gasteiger partial charge in [-0.05, 0) is 69.5 Å². The van der Waals surface area contributed by atoms with Crippen LogP contribution >= 0.6 is 0 Å². The number of pyridine rings is 1. The van der Waals surface area contributed by atoms with Crippen molar-refractivity contribution in [2.45, 2.75) is 51.7 Å². The highest BCUT2D eigenvalue weighted by Crippen LogP contribution is 2.32. The Morgan fingerprint density at radius 3 is 2.72 bits per heavy atom. The quantitative estimate of drug-likeness (QED) is 0.639. The van der Waals surface area contributed by atoms with Crippen LogP contribution in [0.5, 0.6) is 0 Å². The zero-order valence-electron chi connectivity index (χ0n) is 18.3. The van der Waals surface area contributed by atoms with Gasteiger partial charge in [-0.25, -0.2) is 0 Å². The van der Waals surface area contributed by atoms with Gasteiger partial charge < -0.3 is 5.32 Å². The second kappa shape index (κ2) is 8.54. The molecule has 0 bridgehead atoms. The van der Waals surface area contributed by atoms with E-state index in [1.165, 1.54) is 10.5 Å². The largest absolute Gasteiger partial charge is 0.417 e. The first-order valence-corrected chi connectivity index (χ1v) is 10.7. The van der Waals surface area contributed by atoms with E-state index in [0.717, 1.165) is 48.5 Å². The summed E-state index contributed by atoms with van der Waals surface area (Å²) in [5.74, 6) is 0.279. The van der Waals surface area contributed by atoms with Crippen molar-refractivity contribution >= 4 is 17.2 Å². The molecule has 0 radical (unpaired) electrons. The highest BCUT2D eigenvalue weighted by atomic mass is 19.4. The first-order chi connectivity index (χ1) is 15.1. The number of piperidine rings is 1. The number of aromatic nitrogens is 3. The number of fused-ring (bicyclic) bond motifs is 1. The number of hydrogen-bond acceptors (Lipinski definition) is 4. The van der Waals surface area contributed by atoms with E-state index >= 15 is 0 Å². The number of nitrogens with one attached hydrogen (secondary N) is 1. The van der Waals surface area contributed by atoms with Gasteiger partial charge in [0.2, 0.25) is 5.91 Å².